The number of rotatable bonds is 7. The normalized spacial score (nSPS) is 10.2. The summed E-state index contributed by atoms with van der Waals surface area (Å²) < 4.78 is 5.03. The van der Waals surface area contributed by atoms with Crippen molar-refractivity contribution >= 4 is 11.9 Å². The van der Waals surface area contributed by atoms with Crippen LogP contribution in [0.3, 0.4) is 0 Å². The van der Waals surface area contributed by atoms with Crippen LogP contribution in [-0.2, 0) is 4.74 Å². The van der Waals surface area contributed by atoms with Gasteiger partial charge in [0.05, 0.1) is 31.1 Å². The fourth-order valence-corrected chi connectivity index (χ4v) is 1.16. The molecule has 0 amide bonds. The van der Waals surface area contributed by atoms with Crippen LogP contribution in [0.4, 0.5) is 5.95 Å². The Morgan fingerprint density at radius 3 is 2.88 bits per heavy atom. The van der Waals surface area contributed by atoms with Gasteiger partial charge in [-0.1, -0.05) is 0 Å². The highest BCUT2D eigenvalue weighted by Gasteiger charge is 2.09. The molecule has 0 radical (unpaired) electrons. The van der Waals surface area contributed by atoms with Gasteiger partial charge in [-0.2, -0.15) is 0 Å². The number of nitrogens with zero attached hydrogens (tertiary/aromatic N) is 2. The first-order valence-electron chi connectivity index (χ1n) is 5.14. The largest absolute Gasteiger partial charge is 0.478 e. The molecule has 0 unspecified atom stereocenters. The third-order valence-corrected chi connectivity index (χ3v) is 1.97. The number of carboxylic acids is 1. The standard InChI is InChI=1S/C10H15N3O4/c1-7-8(9(15)16)6-12-10(13-7)11-2-4-17-5-3-14/h6,14H,2-5H2,1H3,(H,15,16)(H,11,12,13). The lowest BCUT2D eigenvalue weighted by Gasteiger charge is -2.06. The van der Waals surface area contributed by atoms with Crippen molar-refractivity contribution in [3.8, 4) is 0 Å². The molecule has 1 heterocycles. The van der Waals surface area contributed by atoms with Crippen LogP contribution >= 0.6 is 0 Å². The highest BCUT2D eigenvalue weighted by Crippen LogP contribution is 2.06. The molecule has 94 valence electrons. The molecule has 1 aromatic heterocycles. The Labute approximate surface area is 98.5 Å². The lowest BCUT2D eigenvalue weighted by atomic mass is 10.2. The first-order chi connectivity index (χ1) is 8.15. The average molecular weight is 241 g/mol. The van der Waals surface area contributed by atoms with E-state index in [2.05, 4.69) is 15.3 Å². The van der Waals surface area contributed by atoms with Gasteiger partial charge in [0.1, 0.15) is 0 Å². The molecule has 7 heteroatoms. The molecule has 17 heavy (non-hydrogen) atoms. The average Bonchev–Trinajstić information content (AvgIpc) is 2.28. The fourth-order valence-electron chi connectivity index (χ4n) is 1.16. The van der Waals surface area contributed by atoms with Crippen molar-refractivity contribution in [2.45, 2.75) is 6.92 Å². The van der Waals surface area contributed by atoms with Gasteiger partial charge in [-0.3, -0.25) is 0 Å². The highest BCUT2D eigenvalue weighted by molar-refractivity contribution is 5.88. The number of aliphatic hydroxyl groups is 1. The number of nitrogens with one attached hydrogen (secondary N) is 1. The number of aromatic carboxylic acids is 1. The minimum atomic E-state index is -1.04. The van der Waals surface area contributed by atoms with Crippen LogP contribution in [0.2, 0.25) is 0 Å². The summed E-state index contributed by atoms with van der Waals surface area (Å²) in [5.74, 6) is -0.680. The Kier molecular flexibility index (Phi) is 5.31. The van der Waals surface area contributed by atoms with E-state index in [0.717, 1.165) is 0 Å². The lowest BCUT2D eigenvalue weighted by molar-refractivity contribution is 0.0695. The first-order valence-corrected chi connectivity index (χ1v) is 5.14. The monoisotopic (exact) mass is 241 g/mol. The zero-order valence-electron chi connectivity index (χ0n) is 9.51. The van der Waals surface area contributed by atoms with Gasteiger partial charge in [-0.05, 0) is 6.92 Å². The van der Waals surface area contributed by atoms with E-state index in [4.69, 9.17) is 14.9 Å². The number of aromatic nitrogens is 2. The second kappa shape index (κ2) is 6.77. The van der Waals surface area contributed by atoms with Gasteiger partial charge >= 0.3 is 5.97 Å². The van der Waals surface area contributed by atoms with Crippen molar-refractivity contribution in [2.24, 2.45) is 0 Å². The third kappa shape index (κ3) is 4.33. The molecule has 0 spiro atoms. The second-order valence-electron chi connectivity index (χ2n) is 3.26. The molecule has 0 aliphatic carbocycles. The van der Waals surface area contributed by atoms with Crippen LogP contribution in [-0.4, -0.2) is 52.5 Å². The molecule has 3 N–H and O–H groups in total. The van der Waals surface area contributed by atoms with Gasteiger partial charge in [0.25, 0.3) is 0 Å². The van der Waals surface area contributed by atoms with Crippen molar-refractivity contribution in [2.75, 3.05) is 31.7 Å². The van der Waals surface area contributed by atoms with Crippen LogP contribution in [0.1, 0.15) is 16.1 Å². The molecular weight excluding hydrogens is 226 g/mol. The van der Waals surface area contributed by atoms with Gasteiger partial charge in [0.15, 0.2) is 0 Å². The van der Waals surface area contributed by atoms with Crippen molar-refractivity contribution in [1.29, 1.82) is 0 Å². The van der Waals surface area contributed by atoms with Crippen molar-refractivity contribution < 1.29 is 19.7 Å². The number of aliphatic hydroxyl groups excluding tert-OH is 1. The molecule has 1 aromatic rings. The van der Waals surface area contributed by atoms with Crippen molar-refractivity contribution in [3.05, 3.63) is 17.5 Å². The van der Waals surface area contributed by atoms with E-state index in [1.54, 1.807) is 6.92 Å². The highest BCUT2D eigenvalue weighted by atomic mass is 16.5. The zero-order valence-corrected chi connectivity index (χ0v) is 9.51. The molecule has 1 rings (SSSR count). The number of hydrogen-bond donors (Lipinski definition) is 3. The Bertz CT molecular complexity index is 384. The van der Waals surface area contributed by atoms with E-state index in [1.807, 2.05) is 0 Å². The van der Waals surface area contributed by atoms with Gasteiger partial charge in [-0.25, -0.2) is 14.8 Å². The first kappa shape index (κ1) is 13.3. The predicted molar refractivity (Wildman–Crippen MR) is 60.1 cm³/mol. The molecule has 0 fully saturated rings. The number of carbonyl (C=O) groups is 1. The number of anilines is 1. The number of carboxylic acid groups (broad SMARTS) is 1. The Hall–Kier alpha value is -1.73. The lowest BCUT2D eigenvalue weighted by Crippen LogP contribution is -2.14. The summed E-state index contributed by atoms with van der Waals surface area (Å²) >= 11 is 0. The van der Waals surface area contributed by atoms with Gasteiger partial charge in [0.2, 0.25) is 5.95 Å². The van der Waals surface area contributed by atoms with Crippen molar-refractivity contribution in [1.82, 2.24) is 9.97 Å². The van der Waals surface area contributed by atoms with Crippen LogP contribution < -0.4 is 5.32 Å². The van der Waals surface area contributed by atoms with E-state index >= 15 is 0 Å². The summed E-state index contributed by atoms with van der Waals surface area (Å²) in [6.45, 7) is 2.80. The summed E-state index contributed by atoms with van der Waals surface area (Å²) in [5, 5.41) is 20.2. The van der Waals surface area contributed by atoms with Crippen LogP contribution in [0, 0.1) is 6.92 Å². The molecule has 0 aliphatic rings. The fraction of sp³-hybridized carbons (Fsp3) is 0.500. The van der Waals surface area contributed by atoms with Crippen LogP contribution in [0.25, 0.3) is 0 Å². The molecule has 0 aromatic carbocycles. The summed E-state index contributed by atoms with van der Waals surface area (Å²) in [6.07, 6.45) is 1.27. The molecule has 0 saturated carbocycles. The van der Waals surface area contributed by atoms with E-state index in [0.29, 0.717) is 31.4 Å². The number of hydrogen-bond acceptors (Lipinski definition) is 6. The Morgan fingerprint density at radius 1 is 1.53 bits per heavy atom. The molecule has 0 saturated heterocycles. The second-order valence-corrected chi connectivity index (χ2v) is 3.26. The van der Waals surface area contributed by atoms with E-state index in [1.165, 1.54) is 6.20 Å². The third-order valence-electron chi connectivity index (χ3n) is 1.97. The maximum atomic E-state index is 10.7. The molecular formula is C10H15N3O4. The predicted octanol–water partition coefficient (Wildman–Crippen LogP) is -0.0960. The number of aryl methyl sites for hydroxylation is 1. The molecule has 7 nitrogen and oxygen atoms in total. The Morgan fingerprint density at radius 2 is 2.29 bits per heavy atom. The van der Waals surface area contributed by atoms with Crippen LogP contribution in [0.5, 0.6) is 0 Å². The van der Waals surface area contributed by atoms with E-state index in [-0.39, 0.29) is 12.2 Å². The summed E-state index contributed by atoms with van der Waals surface area (Å²) in [5.41, 5.74) is 0.498. The van der Waals surface area contributed by atoms with Crippen molar-refractivity contribution in [3.63, 3.8) is 0 Å². The minimum Gasteiger partial charge on any atom is -0.478 e. The van der Waals surface area contributed by atoms with Crippen LogP contribution in [0.15, 0.2) is 6.20 Å². The van der Waals surface area contributed by atoms with Gasteiger partial charge < -0.3 is 20.3 Å². The summed E-state index contributed by atoms with van der Waals surface area (Å²) in [6, 6.07) is 0. The zero-order chi connectivity index (χ0) is 12.7. The molecule has 0 aliphatic heterocycles. The smallest absolute Gasteiger partial charge is 0.339 e. The van der Waals surface area contributed by atoms with Gasteiger partial charge in [0, 0.05) is 12.7 Å². The SMILES string of the molecule is Cc1nc(NCCOCCO)ncc1C(=O)O. The number of ether oxygens (including phenoxy) is 1. The van der Waals surface area contributed by atoms with E-state index in [9.17, 15) is 4.79 Å². The van der Waals surface area contributed by atoms with E-state index < -0.39 is 5.97 Å². The topological polar surface area (TPSA) is 105 Å². The molecule has 0 atom stereocenters. The maximum absolute atomic E-state index is 10.7. The molecule has 0 bridgehead atoms. The summed E-state index contributed by atoms with van der Waals surface area (Å²) in [7, 11) is 0. The van der Waals surface area contributed by atoms with Gasteiger partial charge in [-0.15, -0.1) is 0 Å². The maximum Gasteiger partial charge on any atom is 0.339 e. The summed E-state index contributed by atoms with van der Waals surface area (Å²) in [4.78, 5) is 18.6. The quantitative estimate of drug-likeness (QED) is 0.573. The Balaban J connectivity index is 2.45. The minimum absolute atomic E-state index is 0.0110.